The number of hydrogen-bond acceptors (Lipinski definition) is 4. The lowest BCUT2D eigenvalue weighted by Crippen LogP contribution is -2.39. The molecular formula is C19H27N5O2. The van der Waals surface area contributed by atoms with E-state index < -0.39 is 0 Å². The van der Waals surface area contributed by atoms with Crippen molar-refractivity contribution in [2.75, 3.05) is 26.7 Å². The SMILES string of the molecule is CC(=O)NCCNC(=O)CN(C)Cc1c(C)nn(-c2ccccc2)c1C. The summed E-state index contributed by atoms with van der Waals surface area (Å²) in [7, 11) is 1.91. The molecule has 0 aliphatic heterocycles. The fourth-order valence-corrected chi connectivity index (χ4v) is 2.79. The van der Waals surface area contributed by atoms with Gasteiger partial charge in [0.05, 0.1) is 17.9 Å². The number of aromatic nitrogens is 2. The fraction of sp³-hybridized carbons (Fsp3) is 0.421. The molecule has 2 rings (SSSR count). The van der Waals surface area contributed by atoms with Crippen LogP contribution in [-0.4, -0.2) is 53.2 Å². The average molecular weight is 357 g/mol. The predicted molar refractivity (Wildman–Crippen MR) is 101 cm³/mol. The summed E-state index contributed by atoms with van der Waals surface area (Å²) >= 11 is 0. The Morgan fingerprint density at radius 2 is 1.77 bits per heavy atom. The Morgan fingerprint density at radius 1 is 1.12 bits per heavy atom. The van der Waals surface area contributed by atoms with E-state index in [-0.39, 0.29) is 18.4 Å². The van der Waals surface area contributed by atoms with Gasteiger partial charge in [-0.3, -0.25) is 14.5 Å². The largest absolute Gasteiger partial charge is 0.355 e. The number of nitrogens with zero attached hydrogens (tertiary/aromatic N) is 3. The third-order valence-corrected chi connectivity index (χ3v) is 4.10. The minimum atomic E-state index is -0.0993. The first-order chi connectivity index (χ1) is 12.4. The number of benzene rings is 1. The van der Waals surface area contributed by atoms with Gasteiger partial charge < -0.3 is 10.6 Å². The van der Waals surface area contributed by atoms with E-state index in [1.165, 1.54) is 6.92 Å². The highest BCUT2D eigenvalue weighted by Crippen LogP contribution is 2.19. The van der Waals surface area contributed by atoms with Crippen molar-refractivity contribution in [2.45, 2.75) is 27.3 Å². The number of para-hydroxylation sites is 1. The number of aryl methyl sites for hydroxylation is 1. The van der Waals surface area contributed by atoms with Crippen molar-refractivity contribution >= 4 is 11.8 Å². The van der Waals surface area contributed by atoms with E-state index >= 15 is 0 Å². The minimum Gasteiger partial charge on any atom is -0.355 e. The molecule has 0 unspecified atom stereocenters. The normalized spacial score (nSPS) is 10.8. The number of amides is 2. The molecule has 7 heteroatoms. The molecule has 0 spiro atoms. The van der Waals surface area contributed by atoms with Crippen molar-refractivity contribution in [1.82, 2.24) is 25.3 Å². The van der Waals surface area contributed by atoms with Crippen LogP contribution in [0.5, 0.6) is 0 Å². The van der Waals surface area contributed by atoms with Crippen molar-refractivity contribution < 1.29 is 9.59 Å². The van der Waals surface area contributed by atoms with Crippen LogP contribution in [-0.2, 0) is 16.1 Å². The monoisotopic (exact) mass is 357 g/mol. The second-order valence-electron chi connectivity index (χ2n) is 6.40. The first kappa shape index (κ1) is 19.7. The number of hydrogen-bond donors (Lipinski definition) is 2. The van der Waals surface area contributed by atoms with Gasteiger partial charge in [-0.25, -0.2) is 4.68 Å². The van der Waals surface area contributed by atoms with Crippen LogP contribution in [0.3, 0.4) is 0 Å². The molecule has 1 aromatic heterocycles. The van der Waals surface area contributed by atoms with E-state index in [4.69, 9.17) is 0 Å². The van der Waals surface area contributed by atoms with Crippen molar-refractivity contribution in [3.8, 4) is 5.69 Å². The Bertz CT molecular complexity index is 755. The van der Waals surface area contributed by atoms with Crippen molar-refractivity contribution in [3.63, 3.8) is 0 Å². The molecule has 0 aliphatic carbocycles. The standard InChI is InChI=1S/C19H27N5O2/c1-14-18(15(2)24(22-14)17-8-6-5-7-9-17)12-23(4)13-19(26)21-11-10-20-16(3)25/h5-9H,10-13H2,1-4H3,(H,20,25)(H,21,26). The second-order valence-corrected chi connectivity index (χ2v) is 6.40. The quantitative estimate of drug-likeness (QED) is 0.695. The summed E-state index contributed by atoms with van der Waals surface area (Å²) in [6.45, 7) is 7.28. The Morgan fingerprint density at radius 3 is 2.42 bits per heavy atom. The van der Waals surface area contributed by atoms with Crippen molar-refractivity contribution in [3.05, 3.63) is 47.3 Å². The number of carbonyl (C=O) groups is 2. The minimum absolute atomic E-state index is 0.0661. The molecule has 0 aliphatic rings. The van der Waals surface area contributed by atoms with E-state index in [1.54, 1.807) is 0 Å². The van der Waals surface area contributed by atoms with Crippen molar-refractivity contribution in [1.29, 1.82) is 0 Å². The van der Waals surface area contributed by atoms with Crippen LogP contribution in [0.1, 0.15) is 23.9 Å². The van der Waals surface area contributed by atoms with Crippen LogP contribution in [0, 0.1) is 13.8 Å². The van der Waals surface area contributed by atoms with E-state index in [2.05, 4.69) is 15.7 Å². The lowest BCUT2D eigenvalue weighted by atomic mass is 10.2. The average Bonchev–Trinajstić information content (AvgIpc) is 2.87. The maximum Gasteiger partial charge on any atom is 0.234 e. The zero-order chi connectivity index (χ0) is 19.1. The molecule has 2 N–H and O–H groups in total. The van der Waals surface area contributed by atoms with E-state index in [9.17, 15) is 9.59 Å². The first-order valence-electron chi connectivity index (χ1n) is 8.68. The smallest absolute Gasteiger partial charge is 0.234 e. The highest BCUT2D eigenvalue weighted by molar-refractivity contribution is 5.78. The molecule has 140 valence electrons. The maximum atomic E-state index is 12.0. The zero-order valence-corrected chi connectivity index (χ0v) is 15.9. The lowest BCUT2D eigenvalue weighted by Gasteiger charge is -2.17. The molecular weight excluding hydrogens is 330 g/mol. The molecule has 0 bridgehead atoms. The molecule has 0 saturated heterocycles. The summed E-state index contributed by atoms with van der Waals surface area (Å²) in [6.07, 6.45) is 0. The van der Waals surface area contributed by atoms with E-state index in [0.717, 1.165) is 22.6 Å². The van der Waals surface area contributed by atoms with Crippen LogP contribution in [0.4, 0.5) is 0 Å². The molecule has 0 radical (unpaired) electrons. The molecule has 0 saturated carbocycles. The van der Waals surface area contributed by atoms with Gasteiger partial charge in [0.2, 0.25) is 11.8 Å². The summed E-state index contributed by atoms with van der Waals surface area (Å²) in [5, 5.41) is 10.1. The Kier molecular flexibility index (Phi) is 6.91. The van der Waals surface area contributed by atoms with Gasteiger partial charge in [-0.05, 0) is 33.0 Å². The first-order valence-corrected chi connectivity index (χ1v) is 8.68. The summed E-state index contributed by atoms with van der Waals surface area (Å²) < 4.78 is 1.94. The Balaban J connectivity index is 1.93. The van der Waals surface area contributed by atoms with Crippen LogP contribution in [0.25, 0.3) is 5.69 Å². The van der Waals surface area contributed by atoms with Crippen molar-refractivity contribution in [2.24, 2.45) is 0 Å². The van der Waals surface area contributed by atoms with E-state index in [0.29, 0.717) is 19.6 Å². The van der Waals surface area contributed by atoms with Gasteiger partial charge in [0.15, 0.2) is 0 Å². The van der Waals surface area contributed by atoms with Crippen LogP contribution in [0.2, 0.25) is 0 Å². The summed E-state index contributed by atoms with van der Waals surface area (Å²) in [4.78, 5) is 24.8. The molecule has 2 aromatic rings. The van der Waals surface area contributed by atoms with Gasteiger partial charge in [-0.15, -0.1) is 0 Å². The van der Waals surface area contributed by atoms with Gasteiger partial charge in [0.25, 0.3) is 0 Å². The second kappa shape index (κ2) is 9.15. The van der Waals surface area contributed by atoms with Gasteiger partial charge in [0, 0.05) is 37.8 Å². The third-order valence-electron chi connectivity index (χ3n) is 4.10. The zero-order valence-electron chi connectivity index (χ0n) is 15.9. The van der Waals surface area contributed by atoms with Crippen LogP contribution < -0.4 is 10.6 Å². The van der Waals surface area contributed by atoms with Gasteiger partial charge >= 0.3 is 0 Å². The van der Waals surface area contributed by atoms with Crippen LogP contribution in [0.15, 0.2) is 30.3 Å². The molecule has 7 nitrogen and oxygen atoms in total. The Labute approximate surface area is 154 Å². The van der Waals surface area contributed by atoms with Gasteiger partial charge in [0.1, 0.15) is 0 Å². The lowest BCUT2D eigenvalue weighted by molar-refractivity contribution is -0.122. The molecule has 26 heavy (non-hydrogen) atoms. The molecule has 2 amide bonds. The summed E-state index contributed by atoms with van der Waals surface area (Å²) in [5.41, 5.74) is 4.19. The molecule has 1 aromatic carbocycles. The topological polar surface area (TPSA) is 79.3 Å². The van der Waals surface area contributed by atoms with E-state index in [1.807, 2.05) is 60.8 Å². The fourth-order valence-electron chi connectivity index (χ4n) is 2.79. The number of carbonyl (C=O) groups excluding carboxylic acids is 2. The highest BCUT2D eigenvalue weighted by atomic mass is 16.2. The summed E-state index contributed by atoms with van der Waals surface area (Å²) in [5.74, 6) is -0.165. The number of rotatable bonds is 8. The predicted octanol–water partition coefficient (Wildman–Crippen LogP) is 1.17. The van der Waals surface area contributed by atoms with Gasteiger partial charge in [-0.2, -0.15) is 5.10 Å². The molecule has 0 fully saturated rings. The third kappa shape index (κ3) is 5.42. The highest BCUT2D eigenvalue weighted by Gasteiger charge is 2.15. The Hall–Kier alpha value is -2.67. The number of nitrogens with one attached hydrogen (secondary N) is 2. The van der Waals surface area contributed by atoms with Crippen LogP contribution >= 0.6 is 0 Å². The number of likely N-dealkylation sites (N-methyl/N-ethyl adjacent to an activating group) is 1. The summed E-state index contributed by atoms with van der Waals surface area (Å²) in [6, 6.07) is 10.0. The van der Waals surface area contributed by atoms with Gasteiger partial charge in [-0.1, -0.05) is 18.2 Å². The molecule has 0 atom stereocenters. The maximum absolute atomic E-state index is 12.0. The molecule has 1 heterocycles.